The van der Waals surface area contributed by atoms with E-state index in [1.165, 1.54) is 52.8 Å². The molecular weight excluding hydrogens is 286 g/mol. The van der Waals surface area contributed by atoms with Gasteiger partial charge in [-0.15, -0.1) is 11.3 Å². The number of rotatable bonds is 0. The summed E-state index contributed by atoms with van der Waals surface area (Å²) in [5.41, 5.74) is 2.46. The molecule has 0 fully saturated rings. The topological polar surface area (TPSA) is 15.8 Å². The molecule has 6 rings (SSSR count). The van der Waals surface area contributed by atoms with Crippen molar-refractivity contribution >= 4 is 64.1 Å². The van der Waals surface area contributed by atoms with Gasteiger partial charge in [0.2, 0.25) is 0 Å². The van der Waals surface area contributed by atoms with Crippen LogP contribution in [0, 0.1) is 0 Å². The minimum absolute atomic E-state index is 1.22. The Bertz CT molecular complexity index is 1320. The van der Waals surface area contributed by atoms with Crippen molar-refractivity contribution in [1.29, 1.82) is 0 Å². The molecule has 4 aromatic carbocycles. The molecule has 0 aliphatic heterocycles. The lowest BCUT2D eigenvalue weighted by molar-refractivity contribution is 1.56. The zero-order valence-corrected chi connectivity index (χ0v) is 12.5. The molecule has 2 heteroatoms. The molecule has 1 nitrogen and oxygen atoms in total. The minimum atomic E-state index is 1.22. The molecule has 0 atom stereocenters. The van der Waals surface area contributed by atoms with Crippen LogP contribution >= 0.6 is 11.3 Å². The Balaban J connectivity index is 2.06. The summed E-state index contributed by atoms with van der Waals surface area (Å²) in [5, 5.41) is 8.22. The van der Waals surface area contributed by atoms with Crippen LogP contribution in [-0.4, -0.2) is 4.98 Å². The van der Waals surface area contributed by atoms with Crippen LogP contribution in [0.15, 0.2) is 60.7 Å². The lowest BCUT2D eigenvalue weighted by atomic mass is 10.00. The molecular formula is C20H11NS. The van der Waals surface area contributed by atoms with Crippen LogP contribution < -0.4 is 0 Å². The van der Waals surface area contributed by atoms with E-state index in [-0.39, 0.29) is 0 Å². The van der Waals surface area contributed by atoms with Gasteiger partial charge in [-0.3, -0.25) is 0 Å². The summed E-state index contributed by atoms with van der Waals surface area (Å²) in [6.07, 6.45) is 0. The van der Waals surface area contributed by atoms with Crippen molar-refractivity contribution < 1.29 is 0 Å². The zero-order chi connectivity index (χ0) is 14.3. The highest BCUT2D eigenvalue weighted by Crippen LogP contribution is 2.45. The van der Waals surface area contributed by atoms with Crippen LogP contribution in [0.3, 0.4) is 0 Å². The number of benzene rings is 4. The molecule has 6 aromatic rings. The van der Waals surface area contributed by atoms with Crippen molar-refractivity contribution in [3.8, 4) is 0 Å². The van der Waals surface area contributed by atoms with Crippen LogP contribution in [0.2, 0.25) is 0 Å². The van der Waals surface area contributed by atoms with E-state index >= 15 is 0 Å². The van der Waals surface area contributed by atoms with Gasteiger partial charge in [0.05, 0.1) is 0 Å². The predicted octanol–water partition coefficient (Wildman–Crippen LogP) is 6.28. The molecule has 0 radical (unpaired) electrons. The van der Waals surface area contributed by atoms with E-state index in [1.54, 1.807) is 0 Å². The second kappa shape index (κ2) is 3.60. The second-order valence-corrected chi connectivity index (χ2v) is 6.97. The van der Waals surface area contributed by atoms with Gasteiger partial charge in [0.15, 0.2) is 0 Å². The van der Waals surface area contributed by atoms with Gasteiger partial charge >= 0.3 is 0 Å². The standard InChI is InChI=1S/C20H11NS/c1-2-6-14-13(5-1)19-15(21-14)10-12-9-8-11-4-3-7-16-17(11)18(12)20(19)22-16/h1-10,21H. The smallest absolute Gasteiger partial charge is 0.0485 e. The number of thiophene rings is 1. The first-order valence-corrected chi connectivity index (χ1v) is 8.28. The number of fused-ring (bicyclic) bond motifs is 4. The third kappa shape index (κ3) is 1.17. The van der Waals surface area contributed by atoms with Crippen LogP contribution in [0.1, 0.15) is 0 Å². The number of aromatic nitrogens is 1. The number of hydrogen-bond acceptors (Lipinski definition) is 1. The van der Waals surface area contributed by atoms with Crippen molar-refractivity contribution in [2.75, 3.05) is 0 Å². The van der Waals surface area contributed by atoms with Gasteiger partial charge < -0.3 is 4.98 Å². The predicted molar refractivity (Wildman–Crippen MR) is 97.4 cm³/mol. The maximum absolute atomic E-state index is 3.58. The average molecular weight is 297 g/mol. The summed E-state index contributed by atoms with van der Waals surface area (Å²) in [4.78, 5) is 3.58. The molecule has 0 spiro atoms. The molecule has 0 saturated heterocycles. The fourth-order valence-electron chi connectivity index (χ4n) is 3.82. The SMILES string of the molecule is c1ccc2c(c1)[nH]c1cc3ccc4cccc5sc(c12)c3c45. The molecule has 0 bridgehead atoms. The van der Waals surface area contributed by atoms with Crippen LogP contribution in [-0.2, 0) is 0 Å². The monoisotopic (exact) mass is 297 g/mol. The number of H-pyrrole nitrogens is 1. The van der Waals surface area contributed by atoms with Crippen LogP contribution in [0.4, 0.5) is 0 Å². The molecule has 0 aliphatic rings. The Morgan fingerprint density at radius 3 is 2.59 bits per heavy atom. The summed E-state index contributed by atoms with van der Waals surface area (Å²) in [5.74, 6) is 0. The third-order valence-corrected chi connectivity index (χ3v) is 5.91. The number of hydrogen-bond donors (Lipinski definition) is 1. The fourth-order valence-corrected chi connectivity index (χ4v) is 5.15. The molecule has 0 amide bonds. The lowest BCUT2D eigenvalue weighted by Crippen LogP contribution is -1.77. The molecule has 1 N–H and O–H groups in total. The summed E-state index contributed by atoms with van der Waals surface area (Å²) in [6, 6.07) is 22.0. The maximum atomic E-state index is 3.58. The van der Waals surface area contributed by atoms with Gasteiger partial charge in [-0.25, -0.2) is 0 Å². The molecule has 102 valence electrons. The maximum Gasteiger partial charge on any atom is 0.0485 e. The Kier molecular flexibility index (Phi) is 1.81. The van der Waals surface area contributed by atoms with E-state index in [4.69, 9.17) is 0 Å². The van der Waals surface area contributed by atoms with Crippen molar-refractivity contribution in [2.24, 2.45) is 0 Å². The molecule has 0 saturated carbocycles. The summed E-state index contributed by atoms with van der Waals surface area (Å²) in [6.45, 7) is 0. The van der Waals surface area contributed by atoms with Crippen molar-refractivity contribution in [3.63, 3.8) is 0 Å². The zero-order valence-electron chi connectivity index (χ0n) is 11.7. The van der Waals surface area contributed by atoms with Gasteiger partial charge in [0.25, 0.3) is 0 Å². The van der Waals surface area contributed by atoms with E-state index in [0.29, 0.717) is 0 Å². The van der Waals surface area contributed by atoms with Crippen molar-refractivity contribution in [3.05, 3.63) is 60.7 Å². The lowest BCUT2D eigenvalue weighted by Gasteiger charge is -2.03. The summed E-state index contributed by atoms with van der Waals surface area (Å²) >= 11 is 1.92. The highest BCUT2D eigenvalue weighted by Gasteiger charge is 2.16. The van der Waals surface area contributed by atoms with E-state index in [9.17, 15) is 0 Å². The second-order valence-electron chi connectivity index (χ2n) is 5.92. The first-order valence-electron chi connectivity index (χ1n) is 7.47. The number of para-hydroxylation sites is 1. The largest absolute Gasteiger partial charge is 0.354 e. The van der Waals surface area contributed by atoms with E-state index in [1.807, 2.05) is 11.3 Å². The van der Waals surface area contributed by atoms with Crippen LogP contribution in [0.5, 0.6) is 0 Å². The van der Waals surface area contributed by atoms with E-state index < -0.39 is 0 Å². The molecule has 22 heavy (non-hydrogen) atoms. The first-order chi connectivity index (χ1) is 10.9. The fraction of sp³-hybridized carbons (Fsp3) is 0. The Hall–Kier alpha value is -2.58. The molecule has 0 aliphatic carbocycles. The highest BCUT2D eigenvalue weighted by atomic mass is 32.1. The Morgan fingerprint density at radius 2 is 1.59 bits per heavy atom. The average Bonchev–Trinajstić information content (AvgIpc) is 3.11. The molecule has 2 aromatic heterocycles. The van der Waals surface area contributed by atoms with Gasteiger partial charge in [0, 0.05) is 42.0 Å². The summed E-state index contributed by atoms with van der Waals surface area (Å²) < 4.78 is 2.80. The quantitative estimate of drug-likeness (QED) is 0.317. The number of aromatic amines is 1. The Labute approximate surface area is 130 Å². The first kappa shape index (κ1) is 11.0. The van der Waals surface area contributed by atoms with E-state index in [0.717, 1.165) is 0 Å². The summed E-state index contributed by atoms with van der Waals surface area (Å²) in [7, 11) is 0. The van der Waals surface area contributed by atoms with Gasteiger partial charge in [0.1, 0.15) is 0 Å². The van der Waals surface area contributed by atoms with Gasteiger partial charge in [-0.2, -0.15) is 0 Å². The highest BCUT2D eigenvalue weighted by molar-refractivity contribution is 7.27. The van der Waals surface area contributed by atoms with Crippen molar-refractivity contribution in [1.82, 2.24) is 4.98 Å². The van der Waals surface area contributed by atoms with Gasteiger partial charge in [-0.05, 0) is 29.0 Å². The van der Waals surface area contributed by atoms with Crippen LogP contribution in [0.25, 0.3) is 52.8 Å². The third-order valence-electron chi connectivity index (χ3n) is 4.74. The normalized spacial score (nSPS) is 12.5. The molecule has 0 unspecified atom stereocenters. The molecule has 2 heterocycles. The minimum Gasteiger partial charge on any atom is -0.354 e. The van der Waals surface area contributed by atoms with Crippen molar-refractivity contribution in [2.45, 2.75) is 0 Å². The Morgan fingerprint density at radius 1 is 0.682 bits per heavy atom. The van der Waals surface area contributed by atoms with Gasteiger partial charge in [-0.1, -0.05) is 42.5 Å². The number of nitrogens with one attached hydrogen (secondary N) is 1. The van der Waals surface area contributed by atoms with E-state index in [2.05, 4.69) is 65.6 Å².